The number of carbonyl (C=O) groups is 1. The van der Waals surface area contributed by atoms with Gasteiger partial charge in [0.05, 0.1) is 28.3 Å². The molecule has 2 aliphatic rings. The lowest BCUT2D eigenvalue weighted by Gasteiger charge is -2.22. The van der Waals surface area contributed by atoms with E-state index in [0.29, 0.717) is 29.6 Å². The van der Waals surface area contributed by atoms with Crippen molar-refractivity contribution in [3.05, 3.63) is 32.8 Å². The fourth-order valence-corrected chi connectivity index (χ4v) is 5.66. The van der Waals surface area contributed by atoms with Crippen LogP contribution in [0.3, 0.4) is 0 Å². The van der Waals surface area contributed by atoms with Crippen molar-refractivity contribution in [2.75, 3.05) is 0 Å². The van der Waals surface area contributed by atoms with E-state index < -0.39 is 0 Å². The van der Waals surface area contributed by atoms with Gasteiger partial charge >= 0.3 is 5.69 Å². The molecule has 3 aromatic rings. The van der Waals surface area contributed by atoms with Crippen LogP contribution in [0, 0.1) is 6.92 Å². The summed E-state index contributed by atoms with van der Waals surface area (Å²) in [5.41, 5.74) is 1.17. The quantitative estimate of drug-likeness (QED) is 0.627. The van der Waals surface area contributed by atoms with Gasteiger partial charge in [-0.25, -0.2) is 4.79 Å². The SMILES string of the molecule is Cc1nn(C2CCCCC2)c2sc(C(=O)NC3Cc4c(O)[nH]c(=O)n4C3)cc12. The van der Waals surface area contributed by atoms with Gasteiger partial charge in [0.2, 0.25) is 5.88 Å². The zero-order valence-corrected chi connectivity index (χ0v) is 16.5. The summed E-state index contributed by atoms with van der Waals surface area (Å²) in [6.07, 6.45) is 6.50. The van der Waals surface area contributed by atoms with E-state index in [2.05, 4.69) is 15.0 Å². The van der Waals surface area contributed by atoms with E-state index >= 15 is 0 Å². The Morgan fingerprint density at radius 3 is 2.89 bits per heavy atom. The van der Waals surface area contributed by atoms with E-state index in [9.17, 15) is 14.7 Å². The van der Waals surface area contributed by atoms with Gasteiger partial charge in [-0.05, 0) is 25.8 Å². The summed E-state index contributed by atoms with van der Waals surface area (Å²) in [5.74, 6) is -0.241. The Kier molecular flexibility index (Phi) is 4.08. The molecule has 28 heavy (non-hydrogen) atoms. The summed E-state index contributed by atoms with van der Waals surface area (Å²) < 4.78 is 3.61. The maximum Gasteiger partial charge on any atom is 0.328 e. The van der Waals surface area contributed by atoms with E-state index in [1.165, 1.54) is 35.2 Å². The Morgan fingerprint density at radius 1 is 1.36 bits per heavy atom. The molecule has 0 saturated heterocycles. The predicted molar refractivity (Wildman–Crippen MR) is 106 cm³/mol. The predicted octanol–water partition coefficient (Wildman–Crippen LogP) is 2.46. The molecule has 0 bridgehead atoms. The summed E-state index contributed by atoms with van der Waals surface area (Å²) >= 11 is 1.49. The van der Waals surface area contributed by atoms with Gasteiger partial charge in [0, 0.05) is 18.4 Å². The van der Waals surface area contributed by atoms with Crippen LogP contribution in [0.25, 0.3) is 10.2 Å². The molecule has 8 nitrogen and oxygen atoms in total. The lowest BCUT2D eigenvalue weighted by molar-refractivity contribution is 0.0940. The largest absolute Gasteiger partial charge is 0.493 e. The number of H-pyrrole nitrogens is 1. The van der Waals surface area contributed by atoms with Crippen LogP contribution in [-0.2, 0) is 13.0 Å². The lowest BCUT2D eigenvalue weighted by Crippen LogP contribution is -2.36. The Hall–Kier alpha value is -2.55. The van der Waals surface area contributed by atoms with Crippen LogP contribution in [0.15, 0.2) is 10.9 Å². The average Bonchev–Trinajstić information content (AvgIpc) is 3.41. The monoisotopic (exact) mass is 401 g/mol. The van der Waals surface area contributed by atoms with Crippen LogP contribution < -0.4 is 11.0 Å². The van der Waals surface area contributed by atoms with Crippen molar-refractivity contribution < 1.29 is 9.90 Å². The number of imidazole rings is 1. The average molecular weight is 401 g/mol. The summed E-state index contributed by atoms with van der Waals surface area (Å²) in [6.45, 7) is 2.37. The first-order valence-electron chi connectivity index (χ1n) is 9.81. The molecule has 0 spiro atoms. The van der Waals surface area contributed by atoms with Gasteiger partial charge in [-0.2, -0.15) is 5.10 Å². The van der Waals surface area contributed by atoms with Crippen LogP contribution in [0.2, 0.25) is 0 Å². The van der Waals surface area contributed by atoms with E-state index in [1.54, 1.807) is 0 Å². The van der Waals surface area contributed by atoms with Gasteiger partial charge in [-0.15, -0.1) is 11.3 Å². The number of nitrogens with zero attached hydrogens (tertiary/aromatic N) is 3. The molecule has 3 N–H and O–H groups in total. The van der Waals surface area contributed by atoms with Crippen LogP contribution in [-0.4, -0.2) is 36.4 Å². The van der Waals surface area contributed by atoms with E-state index in [-0.39, 0.29) is 23.5 Å². The number of aromatic nitrogens is 4. The molecule has 1 saturated carbocycles. The standard InChI is InChI=1S/C19H23N5O3S/c1-10-13-8-15(28-18(13)24(22-10)12-5-3-2-4-6-12)17(26)20-11-7-14-16(25)21-19(27)23(14)9-11/h8,11-12,25H,2-7,9H2,1H3,(H,20,26)(H,21,27). The third-order valence-corrected chi connectivity index (χ3v) is 7.08. The highest BCUT2D eigenvalue weighted by molar-refractivity contribution is 7.20. The first-order valence-corrected chi connectivity index (χ1v) is 10.6. The number of carbonyl (C=O) groups excluding carboxylic acids is 1. The fraction of sp³-hybridized carbons (Fsp3) is 0.526. The molecule has 9 heteroatoms. The van der Waals surface area contributed by atoms with E-state index in [1.807, 2.05) is 13.0 Å². The Labute approximate surface area is 165 Å². The van der Waals surface area contributed by atoms with E-state index in [4.69, 9.17) is 5.10 Å². The van der Waals surface area contributed by atoms with Gasteiger partial charge in [-0.1, -0.05) is 19.3 Å². The molecule has 4 heterocycles. The molecule has 0 radical (unpaired) electrons. The topological polar surface area (TPSA) is 105 Å². The molecule has 148 valence electrons. The minimum atomic E-state index is -0.339. The van der Waals surface area contributed by atoms with Gasteiger partial charge in [0.1, 0.15) is 4.83 Å². The maximum absolute atomic E-state index is 12.8. The molecule has 1 fully saturated rings. The minimum absolute atomic E-state index is 0.105. The molecule has 1 aliphatic heterocycles. The van der Waals surface area contributed by atoms with Crippen LogP contribution >= 0.6 is 11.3 Å². The molecular formula is C19H23N5O3S. The minimum Gasteiger partial charge on any atom is -0.493 e. The molecule has 0 aromatic carbocycles. The Morgan fingerprint density at radius 2 is 2.14 bits per heavy atom. The summed E-state index contributed by atoms with van der Waals surface area (Å²) in [7, 11) is 0. The van der Waals surface area contributed by atoms with Gasteiger partial charge in [0.25, 0.3) is 5.91 Å². The third kappa shape index (κ3) is 2.76. The van der Waals surface area contributed by atoms with Crippen molar-refractivity contribution in [2.24, 2.45) is 0 Å². The van der Waals surface area contributed by atoms with Gasteiger partial charge in [0.15, 0.2) is 0 Å². The number of aromatic hydroxyl groups is 1. The second-order valence-corrected chi connectivity index (χ2v) is 8.89. The number of aryl methyl sites for hydroxylation is 1. The van der Waals surface area contributed by atoms with Crippen LogP contribution in [0.5, 0.6) is 5.88 Å². The number of hydrogen-bond donors (Lipinski definition) is 3. The molecule has 1 aliphatic carbocycles. The van der Waals surface area contributed by atoms with E-state index in [0.717, 1.165) is 28.8 Å². The second-order valence-electron chi connectivity index (χ2n) is 7.86. The summed E-state index contributed by atoms with van der Waals surface area (Å²) in [6, 6.07) is 2.16. The number of rotatable bonds is 3. The summed E-state index contributed by atoms with van der Waals surface area (Å²) in [4.78, 5) is 28.7. The number of nitrogens with one attached hydrogen (secondary N) is 2. The Balaban J connectivity index is 1.37. The molecule has 1 amide bonds. The zero-order valence-electron chi connectivity index (χ0n) is 15.7. The first-order chi connectivity index (χ1) is 13.5. The normalized spacial score (nSPS) is 20.0. The number of amides is 1. The highest BCUT2D eigenvalue weighted by Crippen LogP contribution is 2.35. The third-order valence-electron chi connectivity index (χ3n) is 5.96. The van der Waals surface area contributed by atoms with Crippen LogP contribution in [0.4, 0.5) is 0 Å². The smallest absolute Gasteiger partial charge is 0.328 e. The number of thiophene rings is 1. The number of hydrogen-bond acceptors (Lipinski definition) is 5. The fourth-order valence-electron chi connectivity index (χ4n) is 4.52. The summed E-state index contributed by atoms with van der Waals surface area (Å²) in [5, 5.41) is 18.6. The molecule has 1 atom stereocenters. The zero-order chi connectivity index (χ0) is 19.4. The van der Waals surface area contributed by atoms with Crippen molar-refractivity contribution in [3.63, 3.8) is 0 Å². The number of fused-ring (bicyclic) bond motifs is 2. The van der Waals surface area contributed by atoms with Crippen molar-refractivity contribution in [1.29, 1.82) is 0 Å². The Bertz CT molecular complexity index is 1110. The van der Waals surface area contributed by atoms with Crippen molar-refractivity contribution in [2.45, 2.75) is 64.1 Å². The molecule has 5 rings (SSSR count). The van der Waals surface area contributed by atoms with Crippen LogP contribution in [0.1, 0.15) is 59.2 Å². The molecular weight excluding hydrogens is 378 g/mol. The van der Waals surface area contributed by atoms with Crippen molar-refractivity contribution >= 4 is 27.5 Å². The second kappa shape index (κ2) is 6.51. The maximum atomic E-state index is 12.8. The highest BCUT2D eigenvalue weighted by Gasteiger charge is 2.29. The van der Waals surface area contributed by atoms with Gasteiger partial charge < -0.3 is 10.4 Å². The van der Waals surface area contributed by atoms with Crippen molar-refractivity contribution in [3.8, 4) is 5.88 Å². The van der Waals surface area contributed by atoms with Crippen molar-refractivity contribution in [1.82, 2.24) is 24.6 Å². The molecule has 3 aromatic heterocycles. The number of aromatic amines is 1. The van der Waals surface area contributed by atoms with Gasteiger partial charge in [-0.3, -0.25) is 19.0 Å². The highest BCUT2D eigenvalue weighted by atomic mass is 32.1. The molecule has 1 unspecified atom stereocenters. The lowest BCUT2D eigenvalue weighted by atomic mass is 9.96. The first kappa shape index (κ1) is 17.5.